The lowest BCUT2D eigenvalue weighted by Gasteiger charge is -2.05. The van der Waals surface area contributed by atoms with Crippen LogP contribution in [0.4, 0.5) is 0 Å². The Bertz CT molecular complexity index is 676. The fourth-order valence-corrected chi connectivity index (χ4v) is 2.51. The minimum Gasteiger partial charge on any atom is -0.449 e. The standard InChI is InChI=1S/C13H11ClO3S/c1-3-18-12-6-11(16)10-5-8(14)4-9(7(2)15)13(10)17-12/h4-6H,3H2,1-2H3. The van der Waals surface area contributed by atoms with Gasteiger partial charge in [0.15, 0.2) is 16.3 Å². The molecule has 0 aliphatic rings. The van der Waals surface area contributed by atoms with Crippen molar-refractivity contribution < 1.29 is 9.21 Å². The van der Waals surface area contributed by atoms with E-state index in [-0.39, 0.29) is 11.2 Å². The van der Waals surface area contributed by atoms with Crippen molar-refractivity contribution in [2.45, 2.75) is 18.9 Å². The van der Waals surface area contributed by atoms with Crippen LogP contribution in [0.15, 0.2) is 32.5 Å². The molecular formula is C13H11ClO3S. The molecule has 0 spiro atoms. The molecule has 1 aromatic carbocycles. The third kappa shape index (κ3) is 2.44. The Morgan fingerprint density at radius 1 is 1.39 bits per heavy atom. The van der Waals surface area contributed by atoms with Crippen LogP contribution >= 0.6 is 23.4 Å². The molecule has 0 bridgehead atoms. The monoisotopic (exact) mass is 282 g/mol. The van der Waals surface area contributed by atoms with Gasteiger partial charge in [0.2, 0.25) is 0 Å². The van der Waals surface area contributed by atoms with Gasteiger partial charge in [-0.1, -0.05) is 30.3 Å². The number of rotatable bonds is 3. The summed E-state index contributed by atoms with van der Waals surface area (Å²) in [5.74, 6) is 0.613. The molecule has 2 aromatic rings. The largest absolute Gasteiger partial charge is 0.449 e. The Labute approximate surface area is 113 Å². The van der Waals surface area contributed by atoms with E-state index in [0.29, 0.717) is 26.6 Å². The molecule has 2 rings (SSSR count). The van der Waals surface area contributed by atoms with Crippen LogP contribution in [-0.2, 0) is 0 Å². The van der Waals surface area contributed by atoms with Gasteiger partial charge in [-0.25, -0.2) is 0 Å². The molecule has 1 aromatic heterocycles. The summed E-state index contributed by atoms with van der Waals surface area (Å²) >= 11 is 7.32. The highest BCUT2D eigenvalue weighted by Crippen LogP contribution is 2.26. The third-order valence-corrected chi connectivity index (χ3v) is 3.43. The van der Waals surface area contributed by atoms with Gasteiger partial charge in [0, 0.05) is 11.1 Å². The van der Waals surface area contributed by atoms with E-state index < -0.39 is 0 Å². The lowest BCUT2D eigenvalue weighted by atomic mass is 10.1. The number of ketones is 1. The van der Waals surface area contributed by atoms with Gasteiger partial charge in [-0.05, 0) is 24.8 Å². The maximum atomic E-state index is 12.0. The summed E-state index contributed by atoms with van der Waals surface area (Å²) in [4.78, 5) is 23.5. The maximum Gasteiger partial charge on any atom is 0.193 e. The summed E-state index contributed by atoms with van der Waals surface area (Å²) in [6.45, 7) is 3.38. The number of benzene rings is 1. The molecule has 0 amide bonds. The highest BCUT2D eigenvalue weighted by molar-refractivity contribution is 7.99. The quantitative estimate of drug-likeness (QED) is 0.635. The number of halogens is 1. The molecule has 0 fully saturated rings. The average Bonchev–Trinajstić information content (AvgIpc) is 2.29. The fraction of sp³-hybridized carbons (Fsp3) is 0.231. The van der Waals surface area contributed by atoms with Crippen LogP contribution in [0.3, 0.4) is 0 Å². The first-order chi connectivity index (χ1) is 8.52. The average molecular weight is 283 g/mol. The molecule has 94 valence electrons. The van der Waals surface area contributed by atoms with E-state index in [1.54, 1.807) is 0 Å². The van der Waals surface area contributed by atoms with Crippen molar-refractivity contribution >= 4 is 40.1 Å². The maximum absolute atomic E-state index is 12.0. The van der Waals surface area contributed by atoms with Gasteiger partial charge >= 0.3 is 0 Å². The first-order valence-electron chi connectivity index (χ1n) is 5.44. The van der Waals surface area contributed by atoms with Crippen molar-refractivity contribution in [1.29, 1.82) is 0 Å². The molecule has 3 nitrogen and oxygen atoms in total. The molecule has 0 N–H and O–H groups in total. The molecule has 0 aliphatic heterocycles. The second kappa shape index (κ2) is 5.16. The normalized spacial score (nSPS) is 10.8. The first-order valence-corrected chi connectivity index (χ1v) is 6.80. The van der Waals surface area contributed by atoms with Gasteiger partial charge in [-0.15, -0.1) is 0 Å². The van der Waals surface area contributed by atoms with E-state index in [0.717, 1.165) is 5.75 Å². The van der Waals surface area contributed by atoms with Crippen LogP contribution in [0, 0.1) is 0 Å². The van der Waals surface area contributed by atoms with E-state index in [2.05, 4.69) is 0 Å². The van der Waals surface area contributed by atoms with Crippen LogP contribution in [-0.4, -0.2) is 11.5 Å². The summed E-state index contributed by atoms with van der Waals surface area (Å²) < 4.78 is 5.61. The number of carbonyl (C=O) groups is 1. The van der Waals surface area contributed by atoms with E-state index in [4.69, 9.17) is 16.0 Å². The number of thioether (sulfide) groups is 1. The second-order valence-corrected chi connectivity index (χ2v) is 5.45. The van der Waals surface area contributed by atoms with E-state index in [1.165, 1.54) is 36.9 Å². The Morgan fingerprint density at radius 2 is 2.11 bits per heavy atom. The molecule has 0 atom stereocenters. The van der Waals surface area contributed by atoms with Gasteiger partial charge in [0.05, 0.1) is 10.9 Å². The van der Waals surface area contributed by atoms with Gasteiger partial charge in [0.25, 0.3) is 0 Å². The zero-order valence-electron chi connectivity index (χ0n) is 9.95. The Kier molecular flexibility index (Phi) is 3.78. The van der Waals surface area contributed by atoms with Gasteiger partial charge in [0.1, 0.15) is 5.58 Å². The topological polar surface area (TPSA) is 47.3 Å². The van der Waals surface area contributed by atoms with Crippen LogP contribution in [0.5, 0.6) is 0 Å². The number of fused-ring (bicyclic) bond motifs is 1. The van der Waals surface area contributed by atoms with Crippen molar-refractivity contribution in [2.24, 2.45) is 0 Å². The summed E-state index contributed by atoms with van der Waals surface area (Å²) in [7, 11) is 0. The van der Waals surface area contributed by atoms with Crippen LogP contribution in [0.25, 0.3) is 11.0 Å². The van der Waals surface area contributed by atoms with Gasteiger partial charge < -0.3 is 4.42 Å². The predicted octanol–water partition coefficient (Wildman–Crippen LogP) is 3.76. The number of carbonyl (C=O) groups excluding carboxylic acids is 1. The van der Waals surface area contributed by atoms with Gasteiger partial charge in [-0.3, -0.25) is 9.59 Å². The highest BCUT2D eigenvalue weighted by atomic mass is 35.5. The van der Waals surface area contributed by atoms with Crippen LogP contribution in [0.2, 0.25) is 5.02 Å². The van der Waals surface area contributed by atoms with Gasteiger partial charge in [-0.2, -0.15) is 0 Å². The molecule has 0 saturated carbocycles. The Morgan fingerprint density at radius 3 is 2.72 bits per heavy atom. The van der Waals surface area contributed by atoms with Crippen molar-refractivity contribution in [1.82, 2.24) is 0 Å². The molecule has 1 heterocycles. The zero-order chi connectivity index (χ0) is 13.3. The molecule has 0 radical (unpaired) electrons. The Balaban J connectivity index is 2.84. The third-order valence-electron chi connectivity index (χ3n) is 2.44. The summed E-state index contributed by atoms with van der Waals surface area (Å²) in [6, 6.07) is 4.47. The Hall–Kier alpha value is -1.26. The lowest BCUT2D eigenvalue weighted by molar-refractivity contribution is 0.101. The summed E-state index contributed by atoms with van der Waals surface area (Å²) in [5, 5.41) is 1.21. The summed E-state index contributed by atoms with van der Waals surface area (Å²) in [5.41, 5.74) is 0.473. The first kappa shape index (κ1) is 13.2. The lowest BCUT2D eigenvalue weighted by Crippen LogP contribution is -2.04. The van der Waals surface area contributed by atoms with E-state index >= 15 is 0 Å². The predicted molar refractivity (Wildman–Crippen MR) is 73.9 cm³/mol. The molecule has 0 saturated heterocycles. The van der Waals surface area contributed by atoms with Crippen LogP contribution in [0.1, 0.15) is 24.2 Å². The number of hydrogen-bond acceptors (Lipinski definition) is 4. The van der Waals surface area contributed by atoms with Crippen molar-refractivity contribution in [2.75, 3.05) is 5.75 Å². The molecule has 0 aliphatic carbocycles. The SMILES string of the molecule is CCSc1cc(=O)c2cc(Cl)cc(C(C)=O)c2o1. The van der Waals surface area contributed by atoms with Crippen LogP contribution < -0.4 is 5.43 Å². The number of hydrogen-bond donors (Lipinski definition) is 0. The molecule has 5 heteroatoms. The summed E-state index contributed by atoms with van der Waals surface area (Å²) in [6.07, 6.45) is 0. The molecule has 18 heavy (non-hydrogen) atoms. The van der Waals surface area contributed by atoms with E-state index in [9.17, 15) is 9.59 Å². The second-order valence-electron chi connectivity index (χ2n) is 3.75. The van der Waals surface area contributed by atoms with Crippen molar-refractivity contribution in [3.63, 3.8) is 0 Å². The molecule has 0 unspecified atom stereocenters. The minimum absolute atomic E-state index is 0.177. The number of Topliss-reactive ketones (excluding diaryl/α,β-unsaturated/α-hetero) is 1. The minimum atomic E-state index is -0.183. The highest BCUT2D eigenvalue weighted by Gasteiger charge is 2.13. The smallest absolute Gasteiger partial charge is 0.193 e. The zero-order valence-corrected chi connectivity index (χ0v) is 11.5. The van der Waals surface area contributed by atoms with Crippen molar-refractivity contribution in [3.8, 4) is 0 Å². The van der Waals surface area contributed by atoms with Crippen molar-refractivity contribution in [3.05, 3.63) is 39.0 Å². The fourth-order valence-electron chi connectivity index (χ4n) is 1.68. The molecular weight excluding hydrogens is 272 g/mol. The van der Waals surface area contributed by atoms with E-state index in [1.807, 2.05) is 6.92 Å².